The van der Waals surface area contributed by atoms with Crippen LogP contribution in [-0.2, 0) is 47.5 Å². The fraction of sp³-hybridized carbons (Fsp3) is 0.926. The Bertz CT molecular complexity index is 1120. The molecule has 4 fully saturated rings. The predicted octanol–water partition coefficient (Wildman–Crippen LogP) is -8.86. The summed E-state index contributed by atoms with van der Waals surface area (Å²) in [6, 6.07) is -1.30. The van der Waals surface area contributed by atoms with E-state index in [0.29, 0.717) is 0 Å². The van der Waals surface area contributed by atoms with Crippen molar-refractivity contribution in [3.8, 4) is 0 Å². The molecule has 4 aliphatic rings. The lowest BCUT2D eigenvalue weighted by atomic mass is 9.95. The Hall–Kier alpha value is -1.82. The normalized spacial score (nSPS) is 48.6. The Morgan fingerprint density at radius 2 is 1.10 bits per heavy atom. The molecule has 4 heterocycles. The Balaban J connectivity index is 1.50. The Morgan fingerprint density at radius 1 is 0.600 bits per heavy atom. The van der Waals surface area contributed by atoms with E-state index >= 15 is 0 Å². The number of ether oxygens (including phenoxy) is 8. The highest BCUT2D eigenvalue weighted by molar-refractivity contribution is 5.73. The molecule has 290 valence electrons. The van der Waals surface area contributed by atoms with Gasteiger partial charge in [-0.1, -0.05) is 0 Å². The van der Waals surface area contributed by atoms with Gasteiger partial charge in [0.05, 0.1) is 19.8 Å². The van der Waals surface area contributed by atoms with Gasteiger partial charge in [0.2, 0.25) is 5.91 Å². The lowest BCUT2D eigenvalue weighted by Gasteiger charge is -2.48. The zero-order valence-corrected chi connectivity index (χ0v) is 26.6. The molecule has 0 unspecified atom stereocenters. The summed E-state index contributed by atoms with van der Waals surface area (Å²) in [4.78, 5) is 23.3. The number of nitrogens with one attached hydrogen (secondary N) is 1. The van der Waals surface area contributed by atoms with E-state index in [2.05, 4.69) is 5.32 Å². The van der Waals surface area contributed by atoms with Crippen molar-refractivity contribution >= 4 is 11.9 Å². The molecule has 13 N–H and O–H groups in total. The van der Waals surface area contributed by atoms with Gasteiger partial charge in [0, 0.05) is 14.0 Å². The molecule has 0 aromatic rings. The first kappa shape index (κ1) is 40.9. The van der Waals surface area contributed by atoms with Crippen molar-refractivity contribution in [2.24, 2.45) is 0 Å². The third kappa shape index (κ3) is 8.52. The number of hydrogen-bond donors (Lipinski definition) is 13. The van der Waals surface area contributed by atoms with Gasteiger partial charge < -0.3 is 104 Å². The minimum atomic E-state index is -2.06. The number of amides is 1. The summed E-state index contributed by atoms with van der Waals surface area (Å²) in [7, 11) is 1.19. The van der Waals surface area contributed by atoms with Gasteiger partial charge in [-0.25, -0.2) is 4.79 Å². The Kier molecular flexibility index (Phi) is 14.2. The first-order chi connectivity index (χ1) is 23.6. The number of carbonyl (C=O) groups excluding carboxylic acids is 1. The third-order valence-electron chi connectivity index (χ3n) is 8.76. The number of carboxylic acid groups (broad SMARTS) is 1. The van der Waals surface area contributed by atoms with Crippen LogP contribution in [0.3, 0.4) is 0 Å². The van der Waals surface area contributed by atoms with Crippen LogP contribution in [0.15, 0.2) is 0 Å². The number of methoxy groups -OCH3 is 1. The van der Waals surface area contributed by atoms with Gasteiger partial charge in [-0.2, -0.15) is 0 Å². The van der Waals surface area contributed by atoms with Gasteiger partial charge in [0.15, 0.2) is 31.3 Å². The molecule has 0 aromatic carbocycles. The van der Waals surface area contributed by atoms with Crippen molar-refractivity contribution in [3.63, 3.8) is 0 Å². The number of aliphatic hydroxyl groups excluding tert-OH is 11. The number of carbonyl (C=O) groups is 2. The van der Waals surface area contributed by atoms with E-state index in [1.165, 1.54) is 7.11 Å². The van der Waals surface area contributed by atoms with E-state index < -0.39 is 154 Å². The van der Waals surface area contributed by atoms with Gasteiger partial charge in [0.1, 0.15) is 91.5 Å². The minimum absolute atomic E-state index is 0.615. The smallest absolute Gasteiger partial charge is 0.335 e. The maximum Gasteiger partial charge on any atom is 0.335 e. The first-order valence-corrected chi connectivity index (χ1v) is 15.5. The second-order valence-corrected chi connectivity index (χ2v) is 12.2. The van der Waals surface area contributed by atoms with Gasteiger partial charge in [-0.3, -0.25) is 4.79 Å². The average molecular weight is 736 g/mol. The fourth-order valence-electron chi connectivity index (χ4n) is 6.01. The van der Waals surface area contributed by atoms with Crippen LogP contribution in [0.25, 0.3) is 0 Å². The molecule has 0 saturated carbocycles. The van der Waals surface area contributed by atoms with E-state index in [-0.39, 0.29) is 0 Å². The zero-order chi connectivity index (χ0) is 37.2. The Morgan fingerprint density at radius 3 is 1.64 bits per heavy atom. The molecule has 50 heavy (non-hydrogen) atoms. The third-order valence-corrected chi connectivity index (χ3v) is 8.76. The molecule has 0 radical (unpaired) electrons. The summed E-state index contributed by atoms with van der Waals surface area (Å²) < 4.78 is 43.9. The van der Waals surface area contributed by atoms with E-state index in [4.69, 9.17) is 37.9 Å². The molecule has 0 bridgehead atoms. The number of aliphatic hydroxyl groups is 11. The van der Waals surface area contributed by atoms with Gasteiger partial charge in [-0.05, 0) is 0 Å². The van der Waals surface area contributed by atoms with Crippen molar-refractivity contribution in [2.75, 3.05) is 26.9 Å². The number of aliphatic carboxylic acids is 1. The summed E-state index contributed by atoms with van der Waals surface area (Å²) in [5.74, 6) is -2.33. The topological polar surface area (TPSA) is 363 Å². The van der Waals surface area contributed by atoms with Crippen molar-refractivity contribution < 1.29 is 109 Å². The number of rotatable bonds is 12. The van der Waals surface area contributed by atoms with Gasteiger partial charge >= 0.3 is 5.97 Å². The molecule has 20 atom stereocenters. The lowest BCUT2D eigenvalue weighted by molar-refractivity contribution is -0.366. The van der Waals surface area contributed by atoms with Gasteiger partial charge in [-0.15, -0.1) is 0 Å². The van der Waals surface area contributed by atoms with Crippen LogP contribution < -0.4 is 5.32 Å². The molecule has 4 rings (SSSR count). The Labute approximate surface area is 283 Å². The SMILES string of the molecule is CO[C@@H]1O[C@H](CO[C@@H]2O[C@H](CO)[C@@H](O[C@@H]3O[C@H](C(=O)O)[C@H](O)[C@H](O)[C@H]3O)[C@H](O)[C@H]2O)[C@@H](O[C@@H]2O[C@H](CO)[C@H](O)[C@H](O)[C@H]2O)[C@H](O)[C@H]1NC(C)=O. The van der Waals surface area contributed by atoms with Crippen LogP contribution in [0, 0.1) is 0 Å². The summed E-state index contributed by atoms with van der Waals surface area (Å²) >= 11 is 0. The van der Waals surface area contributed by atoms with E-state index in [1.807, 2.05) is 0 Å². The predicted molar refractivity (Wildman–Crippen MR) is 151 cm³/mol. The second-order valence-electron chi connectivity index (χ2n) is 12.2. The molecule has 0 aliphatic carbocycles. The maximum atomic E-state index is 11.9. The molecule has 0 spiro atoms. The largest absolute Gasteiger partial charge is 0.479 e. The zero-order valence-electron chi connectivity index (χ0n) is 26.6. The molecule has 0 aromatic heterocycles. The lowest BCUT2D eigenvalue weighted by Crippen LogP contribution is -2.68. The molecule has 23 nitrogen and oxygen atoms in total. The molecule has 23 heteroatoms. The van der Waals surface area contributed by atoms with Crippen LogP contribution in [0.4, 0.5) is 0 Å². The molecular formula is C27H45NO22. The van der Waals surface area contributed by atoms with Crippen LogP contribution in [0.5, 0.6) is 0 Å². The molecule has 1 amide bonds. The highest BCUT2D eigenvalue weighted by Crippen LogP contribution is 2.33. The maximum absolute atomic E-state index is 11.9. The summed E-state index contributed by atoms with van der Waals surface area (Å²) in [6.45, 7) is -1.26. The van der Waals surface area contributed by atoms with Crippen LogP contribution in [-0.4, -0.2) is 223 Å². The second kappa shape index (κ2) is 17.3. The van der Waals surface area contributed by atoms with Crippen molar-refractivity contribution in [1.29, 1.82) is 0 Å². The average Bonchev–Trinajstić information content (AvgIpc) is 3.08. The van der Waals surface area contributed by atoms with Crippen LogP contribution >= 0.6 is 0 Å². The van der Waals surface area contributed by atoms with Crippen LogP contribution in [0.2, 0.25) is 0 Å². The highest BCUT2D eigenvalue weighted by atomic mass is 16.8. The van der Waals surface area contributed by atoms with E-state index in [1.54, 1.807) is 0 Å². The fourth-order valence-corrected chi connectivity index (χ4v) is 6.01. The monoisotopic (exact) mass is 735 g/mol. The summed E-state index contributed by atoms with van der Waals surface area (Å²) in [5, 5.41) is 126. The van der Waals surface area contributed by atoms with Gasteiger partial charge in [0.25, 0.3) is 0 Å². The minimum Gasteiger partial charge on any atom is -0.479 e. The highest BCUT2D eigenvalue weighted by Gasteiger charge is 2.54. The first-order valence-electron chi connectivity index (χ1n) is 15.5. The van der Waals surface area contributed by atoms with Crippen molar-refractivity contribution in [2.45, 2.75) is 130 Å². The number of carboxylic acids is 1. The van der Waals surface area contributed by atoms with Crippen LogP contribution in [0.1, 0.15) is 6.92 Å². The number of hydrogen-bond acceptors (Lipinski definition) is 21. The molecule has 4 aliphatic heterocycles. The van der Waals surface area contributed by atoms with Crippen molar-refractivity contribution in [3.05, 3.63) is 0 Å². The summed E-state index contributed by atoms with van der Waals surface area (Å²) in [5.41, 5.74) is 0. The van der Waals surface area contributed by atoms with E-state index in [0.717, 1.165) is 6.92 Å². The molecular weight excluding hydrogens is 690 g/mol. The van der Waals surface area contributed by atoms with E-state index in [9.17, 15) is 70.9 Å². The molecule has 4 saturated heterocycles. The summed E-state index contributed by atoms with van der Waals surface area (Å²) in [6.07, 6.45) is -34.1. The quantitative estimate of drug-likeness (QED) is 0.0884. The standard InChI is InChI=1S/C27H45NO22/c1-6(31)28-10-12(33)21(49-26-17(38)13(34)11(32)7(3-29)45-26)9(47-24(10)43-2)5-44-25-19(40)16(37)20(8(4-30)46-25)48-27-18(39)14(35)15(36)22(50-27)23(41)42/h7-22,24-27,29-30,32-40H,3-5H2,1-2H3,(H,28,31)(H,41,42)/t7-,8-,9-,10-,11+,12-,13+,14+,15-,16-,17-,18-,19-,20-,21-,22+,24-,25-,26+,27-/m1/s1. The van der Waals surface area contributed by atoms with Crippen molar-refractivity contribution in [1.82, 2.24) is 5.32 Å².